The van der Waals surface area contributed by atoms with Crippen molar-refractivity contribution in [1.82, 2.24) is 19.9 Å². The van der Waals surface area contributed by atoms with E-state index in [1.165, 1.54) is 0 Å². The van der Waals surface area contributed by atoms with Crippen LogP contribution in [-0.2, 0) is 0 Å². The van der Waals surface area contributed by atoms with Gasteiger partial charge in [-0.2, -0.15) is 0 Å². The number of rotatable bonds is 7. The molecule has 2 heterocycles. The Hall–Kier alpha value is -0.440. The van der Waals surface area contributed by atoms with E-state index in [0.717, 1.165) is 21.8 Å². The van der Waals surface area contributed by atoms with Crippen LogP contribution in [0.25, 0.3) is 0 Å². The van der Waals surface area contributed by atoms with Gasteiger partial charge in [-0.05, 0) is 33.7 Å². The van der Waals surface area contributed by atoms with Crippen molar-refractivity contribution in [3.8, 4) is 0 Å². The predicted octanol–water partition coefficient (Wildman–Crippen LogP) is 3.45. The molecule has 0 aliphatic heterocycles. The Kier molecular flexibility index (Phi) is 6.70. The van der Waals surface area contributed by atoms with Gasteiger partial charge in [-0.15, -0.1) is 0 Å². The Morgan fingerprint density at radius 2 is 1.06 bits per heavy atom. The van der Waals surface area contributed by atoms with Crippen molar-refractivity contribution in [2.45, 2.75) is 10.3 Å². The van der Waals surface area contributed by atoms with E-state index in [4.69, 9.17) is 0 Å². The molecule has 8 heteroatoms. The molecule has 0 atom stereocenters. The van der Waals surface area contributed by atoms with Crippen molar-refractivity contribution in [2.24, 2.45) is 0 Å². The summed E-state index contributed by atoms with van der Waals surface area (Å²) in [5, 5.41) is 1.62. The minimum Gasteiger partial charge on any atom is -0.230 e. The van der Waals surface area contributed by atoms with Crippen LogP contribution in [0.15, 0.2) is 47.2 Å². The lowest BCUT2D eigenvalue weighted by molar-refractivity contribution is 0.973. The number of hydrogen-bond acceptors (Lipinski definition) is 8. The second kappa shape index (κ2) is 8.63. The maximum absolute atomic E-state index is 4.14. The normalized spacial score (nSPS) is 10.4. The minimum atomic E-state index is 0.812. The summed E-state index contributed by atoms with van der Waals surface area (Å²) in [5.41, 5.74) is 0. The SMILES string of the molecule is c1cnc(SSCCSSc2ncccn2)nc1. The fourth-order valence-corrected chi connectivity index (χ4v) is 5.12. The van der Waals surface area contributed by atoms with Gasteiger partial charge in [-0.1, -0.05) is 21.6 Å². The minimum absolute atomic E-state index is 0.812. The van der Waals surface area contributed by atoms with Crippen LogP contribution < -0.4 is 0 Å². The molecule has 0 aliphatic carbocycles. The second-order valence-electron chi connectivity index (χ2n) is 2.87. The second-order valence-corrected chi connectivity index (χ2v) is 7.64. The van der Waals surface area contributed by atoms with E-state index in [0.29, 0.717) is 0 Å². The first-order valence-electron chi connectivity index (χ1n) is 5.08. The lowest BCUT2D eigenvalue weighted by Crippen LogP contribution is -1.84. The summed E-state index contributed by atoms with van der Waals surface area (Å²) in [7, 11) is 6.73. The summed E-state index contributed by atoms with van der Waals surface area (Å²) in [6, 6.07) is 3.64. The zero-order valence-electron chi connectivity index (χ0n) is 9.30. The van der Waals surface area contributed by atoms with Crippen LogP contribution in [0.2, 0.25) is 0 Å². The number of hydrogen-bond donors (Lipinski definition) is 0. The average molecular weight is 314 g/mol. The molecule has 2 rings (SSSR count). The zero-order chi connectivity index (χ0) is 12.5. The van der Waals surface area contributed by atoms with Gasteiger partial charge in [0.2, 0.25) is 0 Å². The average Bonchev–Trinajstić information content (AvgIpc) is 2.45. The molecule has 0 radical (unpaired) electrons. The summed E-state index contributed by atoms with van der Waals surface area (Å²) in [6.07, 6.45) is 7.03. The highest BCUT2D eigenvalue weighted by molar-refractivity contribution is 8.78. The van der Waals surface area contributed by atoms with Gasteiger partial charge in [0.05, 0.1) is 0 Å². The van der Waals surface area contributed by atoms with Crippen molar-refractivity contribution >= 4 is 43.2 Å². The Bertz CT molecular complexity index is 399. The van der Waals surface area contributed by atoms with Gasteiger partial charge in [0.1, 0.15) is 0 Å². The molecule has 0 aliphatic rings. The van der Waals surface area contributed by atoms with Crippen molar-refractivity contribution in [3.63, 3.8) is 0 Å². The molecule has 0 bridgehead atoms. The van der Waals surface area contributed by atoms with Crippen LogP contribution in [0, 0.1) is 0 Å². The lowest BCUT2D eigenvalue weighted by Gasteiger charge is -1.99. The van der Waals surface area contributed by atoms with E-state index in [1.807, 2.05) is 12.1 Å². The summed E-state index contributed by atoms with van der Waals surface area (Å²) < 4.78 is 0. The molecule has 18 heavy (non-hydrogen) atoms. The topological polar surface area (TPSA) is 51.6 Å². The maximum Gasteiger partial charge on any atom is 0.198 e. The fraction of sp³-hybridized carbons (Fsp3) is 0.200. The summed E-state index contributed by atoms with van der Waals surface area (Å²) >= 11 is 0. The monoisotopic (exact) mass is 314 g/mol. The molecule has 0 aromatic carbocycles. The molecule has 0 fully saturated rings. The highest BCUT2D eigenvalue weighted by Gasteiger charge is 1.99. The highest BCUT2D eigenvalue weighted by Crippen LogP contribution is 2.32. The molecular weight excluding hydrogens is 304 g/mol. The molecule has 4 nitrogen and oxygen atoms in total. The van der Waals surface area contributed by atoms with Crippen molar-refractivity contribution in [1.29, 1.82) is 0 Å². The van der Waals surface area contributed by atoms with Gasteiger partial charge in [-0.25, -0.2) is 19.9 Å². The van der Waals surface area contributed by atoms with Crippen molar-refractivity contribution in [2.75, 3.05) is 11.5 Å². The molecule has 94 valence electrons. The summed E-state index contributed by atoms with van der Waals surface area (Å²) in [6.45, 7) is 0. The van der Waals surface area contributed by atoms with Gasteiger partial charge >= 0.3 is 0 Å². The van der Waals surface area contributed by atoms with Crippen LogP contribution in [0.5, 0.6) is 0 Å². The van der Waals surface area contributed by atoms with Crippen molar-refractivity contribution in [3.05, 3.63) is 36.9 Å². The molecule has 0 saturated heterocycles. The van der Waals surface area contributed by atoms with Gasteiger partial charge in [0.15, 0.2) is 10.3 Å². The maximum atomic E-state index is 4.14. The largest absolute Gasteiger partial charge is 0.230 e. The van der Waals surface area contributed by atoms with Gasteiger partial charge < -0.3 is 0 Å². The zero-order valence-corrected chi connectivity index (χ0v) is 12.6. The van der Waals surface area contributed by atoms with Crippen LogP contribution in [0.3, 0.4) is 0 Å². The third-order valence-corrected chi connectivity index (χ3v) is 6.16. The van der Waals surface area contributed by atoms with Crippen LogP contribution in [0.1, 0.15) is 0 Å². The van der Waals surface area contributed by atoms with Gasteiger partial charge in [0, 0.05) is 36.3 Å². The molecule has 0 N–H and O–H groups in total. The Labute approximate surface area is 121 Å². The van der Waals surface area contributed by atoms with E-state index in [1.54, 1.807) is 68.0 Å². The standard InChI is InChI=1S/C10H10N4S4/c1-3-11-9(12-4-1)17-15-7-8-16-18-10-13-5-2-6-14-10/h1-6H,7-8H2. The Balaban J connectivity index is 1.54. The smallest absolute Gasteiger partial charge is 0.198 e. The third kappa shape index (κ3) is 5.47. The van der Waals surface area contributed by atoms with E-state index in [2.05, 4.69) is 19.9 Å². The van der Waals surface area contributed by atoms with E-state index in [9.17, 15) is 0 Å². The number of nitrogens with zero attached hydrogens (tertiary/aromatic N) is 4. The quantitative estimate of drug-likeness (QED) is 0.437. The predicted molar refractivity (Wildman–Crippen MR) is 80.7 cm³/mol. The molecule has 2 aromatic heterocycles. The lowest BCUT2D eigenvalue weighted by atomic mass is 10.7. The Morgan fingerprint density at radius 3 is 1.44 bits per heavy atom. The van der Waals surface area contributed by atoms with Crippen molar-refractivity contribution < 1.29 is 0 Å². The van der Waals surface area contributed by atoms with Gasteiger partial charge in [0.25, 0.3) is 0 Å². The third-order valence-electron chi connectivity index (χ3n) is 1.60. The molecule has 0 saturated carbocycles. The number of aromatic nitrogens is 4. The van der Waals surface area contributed by atoms with Crippen LogP contribution in [-0.4, -0.2) is 31.4 Å². The summed E-state index contributed by atoms with van der Waals surface area (Å²) in [4.78, 5) is 16.6. The van der Waals surface area contributed by atoms with Crippen LogP contribution in [0.4, 0.5) is 0 Å². The molecular formula is C10H10N4S4. The summed E-state index contributed by atoms with van der Waals surface area (Å²) in [5.74, 6) is 2.07. The van der Waals surface area contributed by atoms with Crippen LogP contribution >= 0.6 is 43.2 Å². The first kappa shape index (κ1) is 14.0. The highest BCUT2D eigenvalue weighted by atomic mass is 33.1. The van der Waals surface area contributed by atoms with Gasteiger partial charge in [-0.3, -0.25) is 0 Å². The van der Waals surface area contributed by atoms with E-state index < -0.39 is 0 Å². The fourth-order valence-electron chi connectivity index (χ4n) is 0.914. The molecule has 2 aromatic rings. The molecule has 0 spiro atoms. The molecule has 0 unspecified atom stereocenters. The van der Waals surface area contributed by atoms with E-state index >= 15 is 0 Å². The Morgan fingerprint density at radius 1 is 0.667 bits per heavy atom. The molecule has 0 amide bonds. The van der Waals surface area contributed by atoms with E-state index in [-0.39, 0.29) is 0 Å². The first-order chi connectivity index (χ1) is 8.95. The first-order valence-corrected chi connectivity index (χ1v) is 9.72.